The van der Waals surface area contributed by atoms with E-state index in [1.165, 1.54) is 60.8 Å². The first kappa shape index (κ1) is 35.9. The number of nitrogens with zero attached hydrogens (tertiary/aromatic N) is 2. The van der Waals surface area contributed by atoms with E-state index in [0.717, 1.165) is 27.8 Å². The average molecular weight is 769 g/mol. The summed E-state index contributed by atoms with van der Waals surface area (Å²) < 4.78 is 12.9. The van der Waals surface area contributed by atoms with Crippen molar-refractivity contribution >= 4 is 22.6 Å². The van der Waals surface area contributed by atoms with Crippen molar-refractivity contribution in [3.63, 3.8) is 0 Å². The van der Waals surface area contributed by atoms with Gasteiger partial charge in [0.25, 0.3) is 0 Å². The van der Waals surface area contributed by atoms with Gasteiger partial charge in [-0.2, -0.15) is 0 Å². The van der Waals surface area contributed by atoms with Crippen LogP contribution < -0.4 is 0 Å². The van der Waals surface area contributed by atoms with Crippen molar-refractivity contribution in [1.82, 2.24) is 0 Å². The number of ether oxygens (including phenoxy) is 2. The van der Waals surface area contributed by atoms with Crippen molar-refractivity contribution in [3.05, 3.63) is 179 Å². The fraction of sp³-hybridized carbons (Fsp3) is 0.236. The zero-order chi connectivity index (χ0) is 40.7. The van der Waals surface area contributed by atoms with Gasteiger partial charge in [0.05, 0.1) is 16.5 Å². The molecule has 0 aromatic heterocycles. The van der Waals surface area contributed by atoms with E-state index in [0.29, 0.717) is 11.8 Å². The molecule has 0 saturated heterocycles. The smallest absolute Gasteiger partial charge is 0.217 e. The van der Waals surface area contributed by atoms with Crippen LogP contribution in [0.2, 0.25) is 0 Å². The van der Waals surface area contributed by atoms with E-state index >= 15 is 0 Å². The molecule has 0 saturated carbocycles. The lowest BCUT2D eigenvalue weighted by molar-refractivity contribution is 0.0618. The van der Waals surface area contributed by atoms with Crippen LogP contribution in [0.5, 0.6) is 0 Å². The van der Waals surface area contributed by atoms with E-state index in [1.807, 2.05) is 0 Å². The second-order valence-electron chi connectivity index (χ2n) is 18.9. The monoisotopic (exact) mass is 768 g/mol. The van der Waals surface area contributed by atoms with Crippen molar-refractivity contribution in [2.75, 3.05) is 0 Å². The lowest BCUT2D eigenvalue weighted by atomic mass is 9.69. The molecule has 2 aliphatic heterocycles. The molecular formula is C55H48N2O2. The maximum absolute atomic E-state index is 6.47. The van der Waals surface area contributed by atoms with Crippen LogP contribution in [-0.2, 0) is 14.9 Å². The molecule has 0 fully saturated rings. The predicted molar refractivity (Wildman–Crippen MR) is 243 cm³/mol. The molecule has 1 spiro atoms. The van der Waals surface area contributed by atoms with Crippen LogP contribution in [0.3, 0.4) is 0 Å². The summed E-state index contributed by atoms with van der Waals surface area (Å²) in [6.45, 7) is 17.0. The van der Waals surface area contributed by atoms with E-state index in [-0.39, 0.29) is 16.7 Å². The van der Waals surface area contributed by atoms with Gasteiger partial charge in [0.2, 0.25) is 11.8 Å². The lowest BCUT2D eigenvalue weighted by Crippen LogP contribution is -2.41. The summed E-state index contributed by atoms with van der Waals surface area (Å²) in [5, 5.41) is 2.48. The molecule has 2 aliphatic carbocycles. The molecule has 7 aromatic rings. The van der Waals surface area contributed by atoms with E-state index < -0.39 is 11.0 Å². The lowest BCUT2D eigenvalue weighted by Gasteiger charge is -2.32. The highest BCUT2D eigenvalue weighted by molar-refractivity contribution is 6.05. The molecule has 59 heavy (non-hydrogen) atoms. The predicted octanol–water partition coefficient (Wildman–Crippen LogP) is 13.2. The third-order valence-corrected chi connectivity index (χ3v) is 14.4. The molecule has 4 aliphatic rings. The van der Waals surface area contributed by atoms with E-state index in [4.69, 9.17) is 19.5 Å². The molecule has 4 nitrogen and oxygen atoms in total. The van der Waals surface area contributed by atoms with Crippen molar-refractivity contribution < 1.29 is 9.47 Å². The quantitative estimate of drug-likeness (QED) is 0.179. The van der Waals surface area contributed by atoms with Gasteiger partial charge in [0.1, 0.15) is 11.2 Å². The SMILES string of the molecule is CC1(C)N=C(c2cccc(-c3ccc4c(c3)C3(c5ccccc5-c5ccccc53)c3c-4ccc4cc(-c5cccc(C6=NC(C)(C)C(C)(C)O6)c5)ccc34)c2)OC1(C)C. The summed E-state index contributed by atoms with van der Waals surface area (Å²) >= 11 is 0. The van der Waals surface area contributed by atoms with Gasteiger partial charge >= 0.3 is 0 Å². The molecule has 7 aromatic carbocycles. The molecule has 0 bridgehead atoms. The number of rotatable bonds is 4. The molecule has 2 heterocycles. The van der Waals surface area contributed by atoms with Crippen molar-refractivity contribution in [3.8, 4) is 44.5 Å². The van der Waals surface area contributed by atoms with Gasteiger partial charge in [-0.05, 0) is 169 Å². The number of hydrogen-bond acceptors (Lipinski definition) is 4. The van der Waals surface area contributed by atoms with Crippen molar-refractivity contribution in [2.45, 2.75) is 83.1 Å². The minimum absolute atomic E-state index is 0.313. The zero-order valence-corrected chi connectivity index (χ0v) is 35.1. The van der Waals surface area contributed by atoms with Gasteiger partial charge in [-0.15, -0.1) is 0 Å². The Hall–Kier alpha value is -6.26. The molecule has 11 rings (SSSR count). The van der Waals surface area contributed by atoms with E-state index in [1.54, 1.807) is 0 Å². The first-order valence-electron chi connectivity index (χ1n) is 20.9. The molecule has 0 radical (unpaired) electrons. The van der Waals surface area contributed by atoms with Crippen LogP contribution in [0.25, 0.3) is 55.3 Å². The Labute approximate surface area is 347 Å². The number of aliphatic imine (C=N–C) groups is 2. The molecule has 0 amide bonds. The summed E-state index contributed by atoms with van der Waals surface area (Å²) in [6, 6.07) is 54.2. The molecule has 4 heteroatoms. The number of benzene rings is 7. The van der Waals surface area contributed by atoms with Crippen LogP contribution in [0.1, 0.15) is 88.8 Å². The molecule has 0 N–H and O–H groups in total. The minimum atomic E-state index is -0.503. The highest BCUT2D eigenvalue weighted by Crippen LogP contribution is 2.64. The fourth-order valence-electron chi connectivity index (χ4n) is 9.80. The highest BCUT2D eigenvalue weighted by Gasteiger charge is 2.53. The normalized spacial score (nSPS) is 19.0. The second-order valence-corrected chi connectivity index (χ2v) is 18.9. The standard InChI is InChI=1S/C55H48N2O2/c1-51(2)53(5,6)58-49(56-51)38-17-13-15-33(30-38)35-23-26-40-37(29-35)25-28-44-43-27-24-36(34-16-14-18-39(31-34)50-57-52(3,4)54(7,8)59-50)32-47(43)55(48(40)44)45-21-11-9-19-41(45)42-20-10-12-22-46(42)55/h9-32H,1-8H3. The molecule has 0 unspecified atom stereocenters. The van der Waals surface area contributed by atoms with Gasteiger partial charge in [-0.1, -0.05) is 109 Å². The molecule has 290 valence electrons. The van der Waals surface area contributed by atoms with Gasteiger partial charge in [-0.25, -0.2) is 9.98 Å². The molecule has 0 atom stereocenters. The Morgan fingerprint density at radius 2 is 0.831 bits per heavy atom. The Kier molecular flexibility index (Phi) is 7.24. The average Bonchev–Trinajstić information content (AvgIpc) is 3.85. The fourth-order valence-corrected chi connectivity index (χ4v) is 9.80. The first-order chi connectivity index (χ1) is 28.2. The summed E-state index contributed by atoms with van der Waals surface area (Å²) in [6.07, 6.45) is 0. The first-order valence-corrected chi connectivity index (χ1v) is 20.9. The maximum atomic E-state index is 6.47. The van der Waals surface area contributed by atoms with E-state index in [2.05, 4.69) is 201 Å². The van der Waals surface area contributed by atoms with Crippen LogP contribution in [0, 0.1) is 0 Å². The maximum Gasteiger partial charge on any atom is 0.217 e. The van der Waals surface area contributed by atoms with Crippen LogP contribution in [-0.4, -0.2) is 34.1 Å². The summed E-state index contributed by atoms with van der Waals surface area (Å²) in [7, 11) is 0. The minimum Gasteiger partial charge on any atom is -0.469 e. The highest BCUT2D eigenvalue weighted by atomic mass is 16.5. The van der Waals surface area contributed by atoms with E-state index in [9.17, 15) is 0 Å². The van der Waals surface area contributed by atoms with Gasteiger partial charge < -0.3 is 9.47 Å². The second kappa shape index (κ2) is 11.9. The van der Waals surface area contributed by atoms with Crippen molar-refractivity contribution in [1.29, 1.82) is 0 Å². The van der Waals surface area contributed by atoms with Gasteiger partial charge in [0, 0.05) is 11.1 Å². The van der Waals surface area contributed by atoms with Crippen LogP contribution in [0.4, 0.5) is 0 Å². The Morgan fingerprint density at radius 3 is 1.37 bits per heavy atom. The van der Waals surface area contributed by atoms with Crippen LogP contribution in [0.15, 0.2) is 156 Å². The summed E-state index contributed by atoms with van der Waals surface area (Å²) in [5.74, 6) is 1.41. The van der Waals surface area contributed by atoms with Gasteiger partial charge in [-0.3, -0.25) is 0 Å². The third kappa shape index (κ3) is 4.95. The molecular weight excluding hydrogens is 721 g/mol. The zero-order valence-electron chi connectivity index (χ0n) is 35.1. The third-order valence-electron chi connectivity index (χ3n) is 14.4. The number of hydrogen-bond donors (Lipinski definition) is 0. The Morgan fingerprint density at radius 1 is 0.373 bits per heavy atom. The van der Waals surface area contributed by atoms with Crippen molar-refractivity contribution in [2.24, 2.45) is 9.98 Å². The largest absolute Gasteiger partial charge is 0.469 e. The Balaban J connectivity index is 1.09. The number of fused-ring (bicyclic) bond motifs is 12. The summed E-state index contributed by atoms with van der Waals surface area (Å²) in [4.78, 5) is 10.0. The topological polar surface area (TPSA) is 43.2 Å². The van der Waals surface area contributed by atoms with Crippen LogP contribution >= 0.6 is 0 Å². The Bertz CT molecular complexity index is 2970. The van der Waals surface area contributed by atoms with Gasteiger partial charge in [0.15, 0.2) is 0 Å². The summed E-state index contributed by atoms with van der Waals surface area (Å²) in [5.41, 5.74) is 15.2.